The van der Waals surface area contributed by atoms with Gasteiger partial charge in [-0.3, -0.25) is 0 Å². The number of aliphatic hydroxyl groups excluding tert-OH is 2. The Morgan fingerprint density at radius 3 is 0.881 bits per heavy atom. The largest absolute Gasteiger partial charge is 0.478 e. The zero-order valence-electron chi connectivity index (χ0n) is 27.4. The summed E-state index contributed by atoms with van der Waals surface area (Å²) in [6, 6.07) is 0. The highest BCUT2D eigenvalue weighted by molar-refractivity contribution is 5.78. The number of rotatable bonds is 26. The molecule has 0 heterocycles. The maximum atomic E-state index is 9.26. The Kier molecular flexibility index (Phi) is 28.0. The van der Waals surface area contributed by atoms with Crippen molar-refractivity contribution in [2.75, 3.05) is 59.5 Å². The average Bonchev–Trinajstić information content (AvgIpc) is 2.96. The Labute approximate surface area is 253 Å². The Morgan fingerprint density at radius 2 is 0.714 bits per heavy atom. The molecule has 9 atom stereocenters. The molecule has 0 aromatic carbocycles. The van der Waals surface area contributed by atoms with Gasteiger partial charge in [-0.05, 0) is 62.3 Å². The van der Waals surface area contributed by atoms with Gasteiger partial charge in [-0.2, -0.15) is 0 Å². The molecule has 0 fully saturated rings. The molecular weight excluding hydrogens is 552 g/mol. The second-order valence-electron chi connectivity index (χ2n) is 10.7. The fourth-order valence-electron chi connectivity index (χ4n) is 2.79. The van der Waals surface area contributed by atoms with Crippen molar-refractivity contribution < 1.29 is 58.0 Å². The van der Waals surface area contributed by atoms with Crippen molar-refractivity contribution in [3.63, 3.8) is 0 Å². The molecule has 0 aliphatic rings. The van der Waals surface area contributed by atoms with E-state index in [-0.39, 0.29) is 55.4 Å². The molecule has 0 saturated carbocycles. The third kappa shape index (κ3) is 30.3. The second kappa shape index (κ2) is 27.4. The lowest BCUT2D eigenvalue weighted by Crippen LogP contribution is -2.30. The SMILES string of the molecule is C=CC(=O)O.CC(O)COC(C)COC(C)COC(C)COC(C)COC(C)COC(C)COC(C)COC(C)CO. The van der Waals surface area contributed by atoms with Crippen LogP contribution in [0.4, 0.5) is 0 Å². The van der Waals surface area contributed by atoms with Crippen molar-refractivity contribution in [1.29, 1.82) is 0 Å². The number of ether oxygens (including phenoxy) is 8. The summed E-state index contributed by atoms with van der Waals surface area (Å²) in [4.78, 5) is 9.25. The molecule has 0 bridgehead atoms. The van der Waals surface area contributed by atoms with Crippen LogP contribution < -0.4 is 0 Å². The smallest absolute Gasteiger partial charge is 0.327 e. The predicted octanol–water partition coefficient (Wildman–Crippen LogP) is 2.86. The molecule has 0 spiro atoms. The van der Waals surface area contributed by atoms with Crippen molar-refractivity contribution in [3.05, 3.63) is 12.7 Å². The molecule has 0 radical (unpaired) electrons. The minimum Gasteiger partial charge on any atom is -0.478 e. The quantitative estimate of drug-likeness (QED) is 0.123. The van der Waals surface area contributed by atoms with Gasteiger partial charge in [-0.1, -0.05) is 6.58 Å². The first-order valence-corrected chi connectivity index (χ1v) is 14.8. The fraction of sp³-hybridized carbons (Fsp3) is 0.900. The molecule has 0 rings (SSSR count). The van der Waals surface area contributed by atoms with E-state index >= 15 is 0 Å². The van der Waals surface area contributed by atoms with E-state index in [1.165, 1.54) is 0 Å². The first-order chi connectivity index (χ1) is 19.7. The molecule has 9 unspecified atom stereocenters. The van der Waals surface area contributed by atoms with Crippen LogP contribution in [0.3, 0.4) is 0 Å². The number of hydrogen-bond acceptors (Lipinski definition) is 11. The van der Waals surface area contributed by atoms with E-state index < -0.39 is 12.1 Å². The van der Waals surface area contributed by atoms with Gasteiger partial charge in [-0.15, -0.1) is 0 Å². The van der Waals surface area contributed by atoms with E-state index in [2.05, 4.69) is 6.58 Å². The van der Waals surface area contributed by atoms with Crippen LogP contribution >= 0.6 is 0 Å². The van der Waals surface area contributed by atoms with Gasteiger partial charge < -0.3 is 53.2 Å². The maximum absolute atomic E-state index is 9.26. The van der Waals surface area contributed by atoms with E-state index in [9.17, 15) is 9.90 Å². The van der Waals surface area contributed by atoms with E-state index in [1.54, 1.807) is 6.92 Å². The molecule has 0 amide bonds. The molecule has 12 heteroatoms. The lowest BCUT2D eigenvalue weighted by Gasteiger charge is -2.23. The first kappa shape index (κ1) is 42.9. The standard InChI is InChI=1S/C27H56O10.C3H4O2/c1-19(29)11-30-21(3)13-32-23(5)15-34-25(7)17-36-27(9)18-37-26(8)16-35-24(6)14-33-22(4)12-31-20(2)10-28;1-2-3(4)5/h19-29H,10-18H2,1-9H3;2H,1H2,(H,4,5). The lowest BCUT2D eigenvalue weighted by atomic mass is 10.3. The summed E-state index contributed by atoms with van der Waals surface area (Å²) in [6.45, 7) is 23.6. The van der Waals surface area contributed by atoms with Gasteiger partial charge in [0.2, 0.25) is 0 Å². The summed E-state index contributed by atoms with van der Waals surface area (Å²) >= 11 is 0. The monoisotopic (exact) mass is 612 g/mol. The highest BCUT2D eigenvalue weighted by atomic mass is 16.6. The summed E-state index contributed by atoms with van der Waals surface area (Å²) in [7, 11) is 0. The number of aliphatic hydroxyl groups is 2. The summed E-state index contributed by atoms with van der Waals surface area (Å²) in [5.74, 6) is -0.981. The van der Waals surface area contributed by atoms with Gasteiger partial charge in [0, 0.05) is 6.08 Å². The van der Waals surface area contributed by atoms with Crippen molar-refractivity contribution in [2.45, 2.75) is 117 Å². The highest BCUT2D eigenvalue weighted by Gasteiger charge is 2.14. The average molecular weight is 613 g/mol. The van der Waals surface area contributed by atoms with E-state index in [1.807, 2.05) is 55.4 Å². The van der Waals surface area contributed by atoms with Crippen LogP contribution in [0, 0.1) is 0 Å². The van der Waals surface area contributed by atoms with Gasteiger partial charge in [0.25, 0.3) is 0 Å². The van der Waals surface area contributed by atoms with Crippen LogP contribution in [0.5, 0.6) is 0 Å². The molecule has 0 aromatic rings. The molecule has 0 aromatic heterocycles. The summed E-state index contributed by atoms with van der Waals surface area (Å²) in [5, 5.41) is 25.9. The number of aliphatic carboxylic acids is 1. The minimum atomic E-state index is -0.981. The molecule has 3 N–H and O–H groups in total. The third-order valence-corrected chi connectivity index (χ3v) is 5.36. The molecule has 0 saturated heterocycles. The molecule has 12 nitrogen and oxygen atoms in total. The fourth-order valence-corrected chi connectivity index (χ4v) is 2.79. The Morgan fingerprint density at radius 1 is 0.524 bits per heavy atom. The number of carboxylic acids is 1. The Balaban J connectivity index is 0. The van der Waals surface area contributed by atoms with Crippen LogP contribution in [0.1, 0.15) is 62.3 Å². The van der Waals surface area contributed by atoms with Gasteiger partial charge in [0.1, 0.15) is 0 Å². The summed E-state index contributed by atoms with van der Waals surface area (Å²) in [6.07, 6.45) is -0.342. The number of carbonyl (C=O) groups is 1. The predicted molar refractivity (Wildman–Crippen MR) is 160 cm³/mol. The highest BCUT2D eigenvalue weighted by Crippen LogP contribution is 2.05. The number of carboxylic acid groups (broad SMARTS) is 1. The molecule has 252 valence electrons. The minimum absolute atomic E-state index is 0.00142. The summed E-state index contributed by atoms with van der Waals surface area (Å²) in [5.41, 5.74) is 0. The van der Waals surface area contributed by atoms with Gasteiger partial charge in [0.05, 0.1) is 114 Å². The van der Waals surface area contributed by atoms with Gasteiger partial charge >= 0.3 is 5.97 Å². The van der Waals surface area contributed by atoms with E-state index in [0.717, 1.165) is 6.08 Å². The Hall–Kier alpha value is -1.19. The maximum Gasteiger partial charge on any atom is 0.327 e. The summed E-state index contributed by atoms with van der Waals surface area (Å²) < 4.78 is 45.8. The van der Waals surface area contributed by atoms with Crippen molar-refractivity contribution >= 4 is 5.97 Å². The normalized spacial score (nSPS) is 18.0. The van der Waals surface area contributed by atoms with Crippen LogP contribution in [-0.4, -0.2) is 136 Å². The van der Waals surface area contributed by atoms with Crippen LogP contribution in [-0.2, 0) is 42.7 Å². The molecule has 0 aliphatic heterocycles. The molecular formula is C30H60O12. The van der Waals surface area contributed by atoms with Crippen LogP contribution in [0.15, 0.2) is 12.7 Å². The van der Waals surface area contributed by atoms with Gasteiger partial charge in [0.15, 0.2) is 0 Å². The van der Waals surface area contributed by atoms with E-state index in [4.69, 9.17) is 48.1 Å². The van der Waals surface area contributed by atoms with Crippen molar-refractivity contribution in [2.24, 2.45) is 0 Å². The Bertz CT molecular complexity index is 635. The third-order valence-electron chi connectivity index (χ3n) is 5.36. The topological polar surface area (TPSA) is 152 Å². The van der Waals surface area contributed by atoms with Crippen molar-refractivity contribution in [3.8, 4) is 0 Å². The molecule has 42 heavy (non-hydrogen) atoms. The number of hydrogen-bond donors (Lipinski definition) is 3. The zero-order valence-corrected chi connectivity index (χ0v) is 27.4. The second-order valence-corrected chi connectivity index (χ2v) is 10.7. The van der Waals surface area contributed by atoms with Crippen molar-refractivity contribution in [1.82, 2.24) is 0 Å². The van der Waals surface area contributed by atoms with Gasteiger partial charge in [-0.25, -0.2) is 4.79 Å². The first-order valence-electron chi connectivity index (χ1n) is 14.8. The van der Waals surface area contributed by atoms with Crippen LogP contribution in [0.2, 0.25) is 0 Å². The zero-order chi connectivity index (χ0) is 32.5. The van der Waals surface area contributed by atoms with E-state index in [0.29, 0.717) is 52.9 Å². The molecule has 0 aliphatic carbocycles. The lowest BCUT2D eigenvalue weighted by molar-refractivity contribution is -0.131. The van der Waals surface area contributed by atoms with Crippen LogP contribution in [0.25, 0.3) is 0 Å².